The van der Waals surface area contributed by atoms with Crippen molar-refractivity contribution >= 4 is 34.6 Å². The maximum atomic E-state index is 11.8. The van der Waals surface area contributed by atoms with Gasteiger partial charge in [-0.15, -0.1) is 11.3 Å². The molecule has 1 aromatic carbocycles. The molecule has 0 amide bonds. The summed E-state index contributed by atoms with van der Waals surface area (Å²) >= 11 is 6.91. The Balaban J connectivity index is 2.44. The Bertz CT molecular complexity index is 714. The molecule has 6 nitrogen and oxygen atoms in total. The number of esters is 1. The Morgan fingerprint density at radius 1 is 1.52 bits per heavy atom. The van der Waals surface area contributed by atoms with Crippen LogP contribution in [0.4, 0.5) is 5.69 Å². The van der Waals surface area contributed by atoms with Crippen LogP contribution in [0.1, 0.15) is 22.3 Å². The van der Waals surface area contributed by atoms with Crippen LogP contribution in [0.25, 0.3) is 10.6 Å². The number of carbonyl (C=O) groups is 1. The first-order chi connectivity index (χ1) is 9.93. The summed E-state index contributed by atoms with van der Waals surface area (Å²) in [4.78, 5) is 26.8. The quantitative estimate of drug-likeness (QED) is 0.484. The normalized spacial score (nSPS) is 10.4. The molecular formula is C13H11ClN2O4S. The van der Waals surface area contributed by atoms with E-state index < -0.39 is 10.9 Å². The Labute approximate surface area is 129 Å². The first-order valence-electron chi connectivity index (χ1n) is 6.03. The standard InChI is InChI=1S/C13H11ClN2O4S/c1-3-20-13(17)11-7(2)15-12(21-11)8-4-5-9(14)10(6-8)16(18)19/h4-6H,3H2,1-2H3. The fraction of sp³-hybridized carbons (Fsp3) is 0.231. The molecule has 0 aliphatic rings. The van der Waals surface area contributed by atoms with Gasteiger partial charge in [0.1, 0.15) is 14.9 Å². The van der Waals surface area contributed by atoms with Crippen molar-refractivity contribution in [1.29, 1.82) is 0 Å². The first-order valence-corrected chi connectivity index (χ1v) is 7.22. The minimum atomic E-state index is -0.557. The molecule has 1 aromatic heterocycles. The van der Waals surface area contributed by atoms with Crippen molar-refractivity contribution in [3.8, 4) is 10.6 Å². The van der Waals surface area contributed by atoms with E-state index in [1.165, 1.54) is 12.1 Å². The molecule has 8 heteroatoms. The number of benzene rings is 1. The lowest BCUT2D eigenvalue weighted by atomic mass is 10.2. The molecule has 0 saturated heterocycles. The maximum absolute atomic E-state index is 11.8. The van der Waals surface area contributed by atoms with Crippen LogP contribution in [0.15, 0.2) is 18.2 Å². The highest BCUT2D eigenvalue weighted by molar-refractivity contribution is 7.17. The number of nitrogens with zero attached hydrogens (tertiary/aromatic N) is 2. The number of nitro groups is 1. The lowest BCUT2D eigenvalue weighted by Gasteiger charge is -1.99. The summed E-state index contributed by atoms with van der Waals surface area (Å²) in [6.45, 7) is 3.69. The fourth-order valence-corrected chi connectivity index (χ4v) is 2.83. The average Bonchev–Trinajstić information content (AvgIpc) is 2.81. The van der Waals surface area contributed by atoms with Gasteiger partial charge in [-0.2, -0.15) is 0 Å². The zero-order valence-corrected chi connectivity index (χ0v) is 12.8. The van der Waals surface area contributed by atoms with E-state index in [1.807, 2.05) is 0 Å². The van der Waals surface area contributed by atoms with Gasteiger partial charge < -0.3 is 4.74 Å². The predicted octanol–water partition coefficient (Wildman–Crippen LogP) is 3.86. The summed E-state index contributed by atoms with van der Waals surface area (Å²) in [5.41, 5.74) is 0.875. The molecule has 0 aliphatic carbocycles. The largest absolute Gasteiger partial charge is 0.462 e. The molecule has 21 heavy (non-hydrogen) atoms. The number of hydrogen-bond acceptors (Lipinski definition) is 6. The van der Waals surface area contributed by atoms with Crippen LogP contribution < -0.4 is 0 Å². The van der Waals surface area contributed by atoms with E-state index in [1.54, 1.807) is 19.9 Å². The van der Waals surface area contributed by atoms with E-state index in [0.29, 0.717) is 21.1 Å². The molecule has 0 atom stereocenters. The van der Waals surface area contributed by atoms with Crippen molar-refractivity contribution in [2.75, 3.05) is 6.61 Å². The molecule has 0 bridgehead atoms. The number of thiazole rings is 1. The summed E-state index contributed by atoms with van der Waals surface area (Å²) in [5, 5.41) is 11.5. The monoisotopic (exact) mass is 326 g/mol. The maximum Gasteiger partial charge on any atom is 0.350 e. The van der Waals surface area contributed by atoms with Crippen LogP contribution in [0.5, 0.6) is 0 Å². The van der Waals surface area contributed by atoms with Crippen molar-refractivity contribution in [3.05, 3.63) is 43.9 Å². The number of halogens is 1. The number of aryl methyl sites for hydroxylation is 1. The number of carbonyl (C=O) groups excluding carboxylic acids is 1. The molecule has 2 aromatic rings. The van der Waals surface area contributed by atoms with E-state index in [2.05, 4.69) is 4.98 Å². The van der Waals surface area contributed by atoms with E-state index in [0.717, 1.165) is 11.3 Å². The summed E-state index contributed by atoms with van der Waals surface area (Å²) in [5.74, 6) is -0.442. The Kier molecular flexibility index (Phi) is 4.54. The zero-order chi connectivity index (χ0) is 15.6. The molecule has 0 aliphatic heterocycles. The van der Waals surface area contributed by atoms with Crippen LogP contribution >= 0.6 is 22.9 Å². The van der Waals surface area contributed by atoms with Gasteiger partial charge in [0.2, 0.25) is 0 Å². The van der Waals surface area contributed by atoms with Gasteiger partial charge in [-0.1, -0.05) is 11.6 Å². The highest BCUT2D eigenvalue weighted by Crippen LogP contribution is 2.33. The van der Waals surface area contributed by atoms with Gasteiger partial charge in [-0.25, -0.2) is 9.78 Å². The van der Waals surface area contributed by atoms with Crippen LogP contribution in [-0.2, 0) is 4.74 Å². The van der Waals surface area contributed by atoms with Crippen molar-refractivity contribution in [1.82, 2.24) is 4.98 Å². The van der Waals surface area contributed by atoms with Gasteiger partial charge in [0.25, 0.3) is 5.69 Å². The molecule has 0 spiro atoms. The van der Waals surface area contributed by atoms with Crippen LogP contribution in [0.3, 0.4) is 0 Å². The van der Waals surface area contributed by atoms with Crippen molar-refractivity contribution in [3.63, 3.8) is 0 Å². The van der Waals surface area contributed by atoms with Gasteiger partial charge in [-0.05, 0) is 26.0 Å². The van der Waals surface area contributed by atoms with Crippen LogP contribution in [0, 0.1) is 17.0 Å². The molecule has 0 fully saturated rings. The second kappa shape index (κ2) is 6.19. The van der Waals surface area contributed by atoms with Crippen LogP contribution in [0.2, 0.25) is 5.02 Å². The Morgan fingerprint density at radius 2 is 2.24 bits per heavy atom. The van der Waals surface area contributed by atoms with Gasteiger partial charge in [0, 0.05) is 11.6 Å². The number of rotatable bonds is 4. The summed E-state index contributed by atoms with van der Waals surface area (Å²) in [7, 11) is 0. The highest BCUT2D eigenvalue weighted by atomic mass is 35.5. The van der Waals surface area contributed by atoms with Gasteiger partial charge in [-0.3, -0.25) is 10.1 Å². The minimum absolute atomic E-state index is 0.0580. The molecule has 2 rings (SSSR count). The highest BCUT2D eigenvalue weighted by Gasteiger charge is 2.19. The molecule has 0 N–H and O–H groups in total. The summed E-state index contributed by atoms with van der Waals surface area (Å²) in [6.07, 6.45) is 0. The number of ether oxygens (including phenoxy) is 1. The lowest BCUT2D eigenvalue weighted by molar-refractivity contribution is -0.384. The van der Waals surface area contributed by atoms with E-state index >= 15 is 0 Å². The van der Waals surface area contributed by atoms with E-state index in [4.69, 9.17) is 16.3 Å². The third kappa shape index (κ3) is 3.20. The van der Waals surface area contributed by atoms with Gasteiger partial charge in [0.05, 0.1) is 17.2 Å². The van der Waals surface area contributed by atoms with E-state index in [9.17, 15) is 14.9 Å². The van der Waals surface area contributed by atoms with Crippen molar-refractivity contribution in [2.45, 2.75) is 13.8 Å². The third-order valence-corrected chi connectivity index (χ3v) is 4.15. The third-order valence-electron chi connectivity index (χ3n) is 2.65. The second-order valence-electron chi connectivity index (χ2n) is 4.08. The summed E-state index contributed by atoms with van der Waals surface area (Å²) in [6, 6.07) is 4.41. The van der Waals surface area contributed by atoms with Gasteiger partial charge >= 0.3 is 5.97 Å². The summed E-state index contributed by atoms with van der Waals surface area (Å²) < 4.78 is 4.94. The second-order valence-corrected chi connectivity index (χ2v) is 5.48. The van der Waals surface area contributed by atoms with Crippen LogP contribution in [-0.4, -0.2) is 22.5 Å². The molecule has 1 heterocycles. The molecule has 110 valence electrons. The Morgan fingerprint density at radius 3 is 2.86 bits per heavy atom. The topological polar surface area (TPSA) is 82.3 Å². The fourth-order valence-electron chi connectivity index (χ4n) is 1.69. The smallest absolute Gasteiger partial charge is 0.350 e. The van der Waals surface area contributed by atoms with Crippen molar-refractivity contribution < 1.29 is 14.5 Å². The number of hydrogen-bond donors (Lipinski definition) is 0. The molecule has 0 radical (unpaired) electrons. The number of nitro benzene ring substituents is 1. The molecule has 0 saturated carbocycles. The number of aromatic nitrogens is 1. The first kappa shape index (κ1) is 15.4. The zero-order valence-electron chi connectivity index (χ0n) is 11.3. The average molecular weight is 327 g/mol. The SMILES string of the molecule is CCOC(=O)c1sc(-c2ccc(Cl)c([N+](=O)[O-])c2)nc1C. The lowest BCUT2D eigenvalue weighted by Crippen LogP contribution is -2.03. The Hall–Kier alpha value is -1.99. The van der Waals surface area contributed by atoms with Gasteiger partial charge in [0.15, 0.2) is 0 Å². The predicted molar refractivity (Wildman–Crippen MR) is 79.9 cm³/mol. The minimum Gasteiger partial charge on any atom is -0.462 e. The van der Waals surface area contributed by atoms with Crippen molar-refractivity contribution in [2.24, 2.45) is 0 Å². The molecular weight excluding hydrogens is 316 g/mol. The van der Waals surface area contributed by atoms with E-state index in [-0.39, 0.29) is 17.3 Å². The molecule has 0 unspecified atom stereocenters.